The Balaban J connectivity index is 1.67. The van der Waals surface area contributed by atoms with E-state index in [1.807, 2.05) is 45.0 Å². The number of rotatable bonds is 3. The van der Waals surface area contributed by atoms with Gasteiger partial charge in [-0.15, -0.1) is 11.3 Å². The van der Waals surface area contributed by atoms with Crippen LogP contribution in [0.25, 0.3) is 0 Å². The summed E-state index contributed by atoms with van der Waals surface area (Å²) in [5.74, 6) is 0.840. The lowest BCUT2D eigenvalue weighted by Gasteiger charge is -2.37. The molecule has 1 atom stereocenters. The Morgan fingerprint density at radius 3 is 2.96 bits per heavy atom. The highest BCUT2D eigenvalue weighted by molar-refractivity contribution is 7.09. The van der Waals surface area contributed by atoms with Crippen LogP contribution in [0.1, 0.15) is 42.4 Å². The summed E-state index contributed by atoms with van der Waals surface area (Å²) >= 11 is 1.55. The summed E-state index contributed by atoms with van der Waals surface area (Å²) in [6, 6.07) is 7.64. The summed E-state index contributed by atoms with van der Waals surface area (Å²) in [5.41, 5.74) is 3.48. The zero-order chi connectivity index (χ0) is 16.4. The van der Waals surface area contributed by atoms with Crippen LogP contribution in [-0.2, 0) is 6.54 Å². The van der Waals surface area contributed by atoms with Crippen molar-refractivity contribution in [3.05, 3.63) is 45.9 Å². The van der Waals surface area contributed by atoms with E-state index in [1.54, 1.807) is 16.8 Å². The second-order valence-electron chi connectivity index (χ2n) is 6.34. The van der Waals surface area contributed by atoms with E-state index in [-0.39, 0.29) is 17.7 Å². The Kier molecular flexibility index (Phi) is 4.26. The molecule has 3 rings (SSSR count). The third-order valence-corrected chi connectivity index (χ3v) is 4.87. The Morgan fingerprint density at radius 2 is 2.22 bits per heavy atom. The van der Waals surface area contributed by atoms with E-state index < -0.39 is 0 Å². The number of fused-ring (bicyclic) bond motifs is 1. The van der Waals surface area contributed by atoms with E-state index in [0.29, 0.717) is 6.54 Å². The molecule has 1 aliphatic heterocycles. The van der Waals surface area contributed by atoms with Crippen LogP contribution in [0.4, 0.5) is 4.79 Å². The summed E-state index contributed by atoms with van der Waals surface area (Å²) in [4.78, 5) is 17.5. The second-order valence-corrected chi connectivity index (χ2v) is 7.28. The van der Waals surface area contributed by atoms with Gasteiger partial charge in [0.25, 0.3) is 0 Å². The number of benzene rings is 1. The van der Waals surface area contributed by atoms with Crippen molar-refractivity contribution >= 4 is 17.4 Å². The molecule has 1 aromatic carbocycles. The fraction of sp³-hybridized carbons (Fsp3) is 0.412. The SMILES string of the molecule is Cc1ncsc1CNC(=O)NC1CC(C)(C)Oc2ccccc21. The van der Waals surface area contributed by atoms with Gasteiger partial charge in [-0.05, 0) is 26.8 Å². The number of nitrogens with one attached hydrogen (secondary N) is 2. The molecule has 0 fully saturated rings. The predicted molar refractivity (Wildman–Crippen MR) is 90.7 cm³/mol. The molecule has 0 bridgehead atoms. The molecule has 1 aliphatic rings. The zero-order valence-electron chi connectivity index (χ0n) is 13.6. The number of carbonyl (C=O) groups excluding carboxylic acids is 1. The topological polar surface area (TPSA) is 63.2 Å². The average molecular weight is 331 g/mol. The molecular weight excluding hydrogens is 310 g/mol. The van der Waals surface area contributed by atoms with Gasteiger partial charge in [0.15, 0.2) is 0 Å². The van der Waals surface area contributed by atoms with E-state index in [9.17, 15) is 4.79 Å². The molecule has 0 saturated carbocycles. The van der Waals surface area contributed by atoms with E-state index in [0.717, 1.165) is 28.3 Å². The van der Waals surface area contributed by atoms with Gasteiger partial charge in [-0.1, -0.05) is 18.2 Å². The van der Waals surface area contributed by atoms with Crippen LogP contribution in [0.15, 0.2) is 29.8 Å². The third-order valence-electron chi connectivity index (χ3n) is 3.94. The maximum absolute atomic E-state index is 12.3. The van der Waals surface area contributed by atoms with Crippen molar-refractivity contribution in [2.24, 2.45) is 0 Å². The fourth-order valence-electron chi connectivity index (χ4n) is 2.80. The van der Waals surface area contributed by atoms with Gasteiger partial charge in [0.05, 0.1) is 23.8 Å². The lowest BCUT2D eigenvalue weighted by Crippen LogP contribution is -2.44. The van der Waals surface area contributed by atoms with Gasteiger partial charge < -0.3 is 15.4 Å². The molecule has 2 N–H and O–H groups in total. The largest absolute Gasteiger partial charge is 0.487 e. The minimum atomic E-state index is -0.305. The molecule has 2 aromatic rings. The summed E-state index contributed by atoms with van der Waals surface area (Å²) in [6.45, 7) is 6.52. The van der Waals surface area contributed by atoms with Crippen LogP contribution in [-0.4, -0.2) is 16.6 Å². The van der Waals surface area contributed by atoms with Gasteiger partial charge in [0.2, 0.25) is 0 Å². The molecule has 2 amide bonds. The van der Waals surface area contributed by atoms with E-state index in [1.165, 1.54) is 0 Å². The highest BCUT2D eigenvalue weighted by Gasteiger charge is 2.34. The fourth-order valence-corrected chi connectivity index (χ4v) is 3.51. The lowest BCUT2D eigenvalue weighted by molar-refractivity contribution is 0.0679. The van der Waals surface area contributed by atoms with Gasteiger partial charge in [-0.25, -0.2) is 9.78 Å². The van der Waals surface area contributed by atoms with Crippen molar-refractivity contribution < 1.29 is 9.53 Å². The Bertz CT molecular complexity index is 711. The van der Waals surface area contributed by atoms with Crippen LogP contribution in [0.2, 0.25) is 0 Å². The van der Waals surface area contributed by atoms with Crippen molar-refractivity contribution in [1.82, 2.24) is 15.6 Å². The standard InChI is InChI=1S/C17H21N3O2S/c1-11-15(23-10-19-11)9-18-16(21)20-13-8-17(2,3)22-14-7-5-4-6-12(13)14/h4-7,10,13H,8-9H2,1-3H3,(H2,18,20,21). The zero-order valence-corrected chi connectivity index (χ0v) is 14.4. The maximum atomic E-state index is 12.3. The molecule has 0 aliphatic carbocycles. The number of urea groups is 1. The second kappa shape index (κ2) is 6.20. The number of thiazole rings is 1. The summed E-state index contributed by atoms with van der Waals surface area (Å²) in [7, 11) is 0. The average Bonchev–Trinajstić information content (AvgIpc) is 2.89. The molecule has 2 heterocycles. The molecule has 6 heteroatoms. The molecule has 0 spiro atoms. The first kappa shape index (κ1) is 15.8. The van der Waals surface area contributed by atoms with Crippen molar-refractivity contribution in [3.63, 3.8) is 0 Å². The van der Waals surface area contributed by atoms with E-state index >= 15 is 0 Å². The molecule has 1 unspecified atom stereocenters. The van der Waals surface area contributed by atoms with Crippen LogP contribution >= 0.6 is 11.3 Å². The summed E-state index contributed by atoms with van der Waals surface area (Å²) in [5, 5.41) is 5.98. The summed E-state index contributed by atoms with van der Waals surface area (Å²) < 4.78 is 5.99. The summed E-state index contributed by atoms with van der Waals surface area (Å²) in [6.07, 6.45) is 0.733. The molecule has 5 nitrogen and oxygen atoms in total. The normalized spacial score (nSPS) is 18.7. The minimum Gasteiger partial charge on any atom is -0.487 e. The smallest absolute Gasteiger partial charge is 0.315 e. The van der Waals surface area contributed by atoms with Crippen LogP contribution in [0.3, 0.4) is 0 Å². The maximum Gasteiger partial charge on any atom is 0.315 e. The van der Waals surface area contributed by atoms with Gasteiger partial charge >= 0.3 is 6.03 Å². The van der Waals surface area contributed by atoms with Crippen molar-refractivity contribution in [1.29, 1.82) is 0 Å². The molecule has 23 heavy (non-hydrogen) atoms. The van der Waals surface area contributed by atoms with Gasteiger partial charge in [-0.3, -0.25) is 0 Å². The van der Waals surface area contributed by atoms with Crippen molar-refractivity contribution in [3.8, 4) is 5.75 Å². The van der Waals surface area contributed by atoms with Gasteiger partial charge in [0, 0.05) is 16.9 Å². The Morgan fingerprint density at radius 1 is 1.43 bits per heavy atom. The number of carbonyl (C=O) groups is 1. The molecule has 1 aromatic heterocycles. The first-order chi connectivity index (χ1) is 10.9. The molecule has 122 valence electrons. The number of hydrogen-bond acceptors (Lipinski definition) is 4. The number of ether oxygens (including phenoxy) is 1. The molecule has 0 saturated heterocycles. The van der Waals surface area contributed by atoms with Gasteiger partial charge in [0.1, 0.15) is 11.4 Å². The van der Waals surface area contributed by atoms with Crippen molar-refractivity contribution in [2.45, 2.75) is 45.4 Å². The van der Waals surface area contributed by atoms with Crippen LogP contribution in [0, 0.1) is 6.92 Å². The number of amides is 2. The Labute approximate surface area is 140 Å². The van der Waals surface area contributed by atoms with Gasteiger partial charge in [-0.2, -0.15) is 0 Å². The van der Waals surface area contributed by atoms with E-state index in [4.69, 9.17) is 4.74 Å². The first-order valence-electron chi connectivity index (χ1n) is 7.66. The van der Waals surface area contributed by atoms with Crippen LogP contribution < -0.4 is 15.4 Å². The molecule has 0 radical (unpaired) electrons. The lowest BCUT2D eigenvalue weighted by atomic mass is 9.90. The van der Waals surface area contributed by atoms with Crippen molar-refractivity contribution in [2.75, 3.05) is 0 Å². The minimum absolute atomic E-state index is 0.0579. The highest BCUT2D eigenvalue weighted by atomic mass is 32.1. The van der Waals surface area contributed by atoms with Crippen LogP contribution in [0.5, 0.6) is 5.75 Å². The first-order valence-corrected chi connectivity index (χ1v) is 8.54. The third kappa shape index (κ3) is 3.64. The quantitative estimate of drug-likeness (QED) is 0.904. The highest BCUT2D eigenvalue weighted by Crippen LogP contribution is 2.39. The molecular formula is C17H21N3O2S. The Hall–Kier alpha value is -2.08. The predicted octanol–water partition coefficient (Wildman–Crippen LogP) is 3.55. The number of aryl methyl sites for hydroxylation is 1. The number of aromatic nitrogens is 1. The monoisotopic (exact) mass is 331 g/mol. The number of nitrogens with zero attached hydrogens (tertiary/aromatic N) is 1. The number of para-hydroxylation sites is 1. The van der Waals surface area contributed by atoms with E-state index in [2.05, 4.69) is 15.6 Å². The number of hydrogen-bond donors (Lipinski definition) is 2.